The number of hydrogen-bond acceptors (Lipinski definition) is 7. The molecule has 1 heterocycles. The van der Waals surface area contributed by atoms with Gasteiger partial charge in [-0.15, -0.1) is 0 Å². The van der Waals surface area contributed by atoms with Crippen LogP contribution in [-0.2, 0) is 6.54 Å². The molecule has 29 heavy (non-hydrogen) atoms. The highest BCUT2D eigenvalue weighted by Crippen LogP contribution is 2.27. The fourth-order valence-electron chi connectivity index (χ4n) is 2.62. The van der Waals surface area contributed by atoms with Crippen molar-refractivity contribution in [3.63, 3.8) is 0 Å². The second-order valence-electron chi connectivity index (χ2n) is 5.98. The first-order chi connectivity index (χ1) is 14.1. The summed E-state index contributed by atoms with van der Waals surface area (Å²) in [6.07, 6.45) is 1.32. The molecule has 0 fully saturated rings. The van der Waals surface area contributed by atoms with E-state index in [-0.39, 0.29) is 5.69 Å². The lowest BCUT2D eigenvalue weighted by atomic mass is 10.2. The van der Waals surface area contributed by atoms with Crippen LogP contribution in [0.5, 0.6) is 11.5 Å². The van der Waals surface area contributed by atoms with Crippen molar-refractivity contribution in [3.8, 4) is 17.6 Å². The van der Waals surface area contributed by atoms with Gasteiger partial charge in [-0.3, -0.25) is 4.79 Å². The Morgan fingerprint density at radius 3 is 2.66 bits per heavy atom. The Hall–Kier alpha value is -4.12. The maximum Gasteiger partial charge on any atom is 0.274 e. The van der Waals surface area contributed by atoms with Crippen LogP contribution in [0.1, 0.15) is 21.6 Å². The van der Waals surface area contributed by atoms with Crippen molar-refractivity contribution in [1.29, 1.82) is 5.26 Å². The van der Waals surface area contributed by atoms with E-state index in [0.717, 1.165) is 5.56 Å². The Morgan fingerprint density at radius 1 is 1.07 bits per heavy atom. The Bertz CT molecular complexity index is 1060. The highest BCUT2D eigenvalue weighted by atomic mass is 16.5. The van der Waals surface area contributed by atoms with Crippen LogP contribution in [0.2, 0.25) is 0 Å². The van der Waals surface area contributed by atoms with Crippen molar-refractivity contribution in [2.45, 2.75) is 6.54 Å². The zero-order valence-corrected chi connectivity index (χ0v) is 16.0. The minimum absolute atomic E-state index is 0.206. The fraction of sp³-hybridized carbons (Fsp3) is 0.143. The molecule has 0 aliphatic heterocycles. The molecule has 1 aromatic heterocycles. The van der Waals surface area contributed by atoms with E-state index in [1.165, 1.54) is 6.33 Å². The number of anilines is 2. The van der Waals surface area contributed by atoms with Crippen molar-refractivity contribution in [2.75, 3.05) is 24.9 Å². The van der Waals surface area contributed by atoms with Gasteiger partial charge in [0, 0.05) is 18.3 Å². The van der Waals surface area contributed by atoms with Crippen molar-refractivity contribution < 1.29 is 14.3 Å². The molecule has 146 valence electrons. The number of rotatable bonds is 7. The van der Waals surface area contributed by atoms with Gasteiger partial charge >= 0.3 is 0 Å². The minimum atomic E-state index is -0.392. The highest BCUT2D eigenvalue weighted by Gasteiger charge is 2.10. The normalized spacial score (nSPS) is 9.97. The van der Waals surface area contributed by atoms with Crippen molar-refractivity contribution in [2.24, 2.45) is 0 Å². The molecule has 0 spiro atoms. The number of benzene rings is 2. The summed E-state index contributed by atoms with van der Waals surface area (Å²) in [6, 6.07) is 15.8. The van der Waals surface area contributed by atoms with E-state index in [9.17, 15) is 4.79 Å². The third-order valence-electron chi connectivity index (χ3n) is 4.07. The predicted octanol–water partition coefficient (Wildman–Crippen LogP) is 3.23. The molecule has 0 radical (unpaired) electrons. The Labute approximate surface area is 168 Å². The van der Waals surface area contributed by atoms with Gasteiger partial charge in [-0.05, 0) is 35.9 Å². The largest absolute Gasteiger partial charge is 0.493 e. The molecular formula is C21H19N5O3. The van der Waals surface area contributed by atoms with Gasteiger partial charge in [0.05, 0.1) is 25.9 Å². The van der Waals surface area contributed by atoms with Gasteiger partial charge in [-0.25, -0.2) is 9.97 Å². The quantitative estimate of drug-likeness (QED) is 0.638. The van der Waals surface area contributed by atoms with Crippen LogP contribution in [0, 0.1) is 11.3 Å². The topological polar surface area (TPSA) is 109 Å². The summed E-state index contributed by atoms with van der Waals surface area (Å²) in [5.41, 5.74) is 2.15. The fourth-order valence-corrected chi connectivity index (χ4v) is 2.62. The summed E-state index contributed by atoms with van der Waals surface area (Å²) < 4.78 is 10.5. The van der Waals surface area contributed by atoms with Gasteiger partial charge in [0.25, 0.3) is 5.91 Å². The summed E-state index contributed by atoms with van der Waals surface area (Å²) in [7, 11) is 3.16. The van der Waals surface area contributed by atoms with Gasteiger partial charge in [0.1, 0.15) is 17.8 Å². The maximum atomic E-state index is 12.5. The smallest absolute Gasteiger partial charge is 0.274 e. The highest BCUT2D eigenvalue weighted by molar-refractivity contribution is 6.03. The molecule has 0 saturated carbocycles. The molecule has 8 nitrogen and oxygen atoms in total. The van der Waals surface area contributed by atoms with E-state index >= 15 is 0 Å². The number of ether oxygens (including phenoxy) is 2. The predicted molar refractivity (Wildman–Crippen MR) is 108 cm³/mol. The summed E-state index contributed by atoms with van der Waals surface area (Å²) in [5.74, 6) is 1.40. The van der Waals surface area contributed by atoms with Gasteiger partial charge in [0.2, 0.25) is 0 Å². The number of carbonyl (C=O) groups is 1. The average Bonchev–Trinajstić information content (AvgIpc) is 2.77. The lowest BCUT2D eigenvalue weighted by molar-refractivity contribution is 0.102. The number of methoxy groups -OCH3 is 2. The molecule has 0 saturated heterocycles. The zero-order chi connectivity index (χ0) is 20.6. The van der Waals surface area contributed by atoms with Crippen molar-refractivity contribution in [1.82, 2.24) is 9.97 Å². The third-order valence-corrected chi connectivity index (χ3v) is 4.07. The average molecular weight is 389 g/mol. The molecule has 0 unspecified atom stereocenters. The third kappa shape index (κ3) is 4.99. The number of aromatic nitrogens is 2. The summed E-state index contributed by atoms with van der Waals surface area (Å²) >= 11 is 0. The van der Waals surface area contributed by atoms with Crippen LogP contribution in [0.15, 0.2) is 54.9 Å². The molecule has 0 aliphatic rings. The summed E-state index contributed by atoms with van der Waals surface area (Å²) in [6.45, 7) is 0.475. The molecule has 0 aliphatic carbocycles. The van der Waals surface area contributed by atoms with E-state index in [2.05, 4.69) is 20.6 Å². The number of nitriles is 1. The van der Waals surface area contributed by atoms with E-state index in [1.54, 1.807) is 44.6 Å². The van der Waals surface area contributed by atoms with Gasteiger partial charge in [0.15, 0.2) is 11.5 Å². The molecule has 8 heteroatoms. The number of hydrogen-bond donors (Lipinski definition) is 2. The van der Waals surface area contributed by atoms with Crippen LogP contribution in [0.25, 0.3) is 0 Å². The van der Waals surface area contributed by atoms with E-state index in [0.29, 0.717) is 35.1 Å². The van der Waals surface area contributed by atoms with Gasteiger partial charge < -0.3 is 20.1 Å². The second-order valence-corrected chi connectivity index (χ2v) is 5.98. The molecule has 0 atom stereocenters. The second kappa shape index (κ2) is 9.19. The maximum absolute atomic E-state index is 12.5. The van der Waals surface area contributed by atoms with E-state index < -0.39 is 5.91 Å². The number of amides is 1. The first-order valence-electron chi connectivity index (χ1n) is 8.71. The summed E-state index contributed by atoms with van der Waals surface area (Å²) in [4.78, 5) is 20.6. The summed E-state index contributed by atoms with van der Waals surface area (Å²) in [5, 5.41) is 14.8. The number of nitrogens with one attached hydrogen (secondary N) is 2. The van der Waals surface area contributed by atoms with Crippen molar-refractivity contribution >= 4 is 17.4 Å². The standard InChI is InChI=1S/C21H19N5O3/c1-28-18-7-6-15(9-19(18)29-2)12-23-20-10-17(24-13-25-20)21(27)26-16-5-3-4-14(8-16)11-22/h3-10,13H,12H2,1-2H3,(H,26,27)(H,23,24,25). The monoisotopic (exact) mass is 389 g/mol. The first kappa shape index (κ1) is 19.6. The minimum Gasteiger partial charge on any atom is -0.493 e. The Kier molecular flexibility index (Phi) is 6.22. The van der Waals surface area contributed by atoms with Crippen LogP contribution in [0.4, 0.5) is 11.5 Å². The van der Waals surface area contributed by atoms with Crippen molar-refractivity contribution in [3.05, 3.63) is 71.7 Å². The van der Waals surface area contributed by atoms with Crippen LogP contribution in [-0.4, -0.2) is 30.1 Å². The van der Waals surface area contributed by atoms with Gasteiger partial charge in [-0.2, -0.15) is 5.26 Å². The Morgan fingerprint density at radius 2 is 1.90 bits per heavy atom. The van der Waals surface area contributed by atoms with E-state index in [1.807, 2.05) is 24.3 Å². The van der Waals surface area contributed by atoms with Crippen LogP contribution < -0.4 is 20.1 Å². The molecule has 3 rings (SSSR count). The van der Waals surface area contributed by atoms with Crippen LogP contribution >= 0.6 is 0 Å². The Balaban J connectivity index is 1.67. The van der Waals surface area contributed by atoms with Gasteiger partial charge in [-0.1, -0.05) is 12.1 Å². The zero-order valence-electron chi connectivity index (χ0n) is 16.0. The molecule has 2 aromatic carbocycles. The molecule has 0 bridgehead atoms. The van der Waals surface area contributed by atoms with E-state index in [4.69, 9.17) is 14.7 Å². The molecule has 2 N–H and O–H groups in total. The molecule has 1 amide bonds. The van der Waals surface area contributed by atoms with Crippen LogP contribution in [0.3, 0.4) is 0 Å². The lowest BCUT2D eigenvalue weighted by Crippen LogP contribution is -2.14. The SMILES string of the molecule is COc1ccc(CNc2cc(C(=O)Nc3cccc(C#N)c3)ncn2)cc1OC. The number of carbonyl (C=O) groups excluding carboxylic acids is 1. The lowest BCUT2D eigenvalue weighted by Gasteiger charge is -2.11. The first-order valence-corrected chi connectivity index (χ1v) is 8.71. The molecule has 3 aromatic rings. The molecular weight excluding hydrogens is 370 g/mol. The number of nitrogens with zero attached hydrogens (tertiary/aromatic N) is 3.